The van der Waals surface area contributed by atoms with Crippen molar-refractivity contribution < 1.29 is 27.1 Å². The highest BCUT2D eigenvalue weighted by molar-refractivity contribution is 6.04. The molecule has 0 aliphatic carbocycles. The molecule has 7 heteroatoms. The minimum atomic E-state index is -4.52. The minimum Gasteiger partial charge on any atom is -0.494 e. The van der Waals surface area contributed by atoms with Crippen LogP contribution in [0.5, 0.6) is 5.75 Å². The monoisotopic (exact) mass is 337 g/mol. The largest absolute Gasteiger partial charge is 0.494 e. The molecule has 0 saturated carbocycles. The summed E-state index contributed by atoms with van der Waals surface area (Å²) in [5.41, 5.74) is 0.127. The van der Waals surface area contributed by atoms with Gasteiger partial charge in [-0.25, -0.2) is 4.39 Å². The van der Waals surface area contributed by atoms with Crippen molar-refractivity contribution in [1.29, 1.82) is 0 Å². The molecule has 2 aromatic carbocycles. The van der Waals surface area contributed by atoms with Gasteiger partial charge >= 0.3 is 6.18 Å². The van der Waals surface area contributed by atoms with Gasteiger partial charge in [-0.15, -0.1) is 0 Å². The second-order valence-corrected chi connectivity index (χ2v) is 5.14. The summed E-state index contributed by atoms with van der Waals surface area (Å²) in [6, 6.07) is 7.12. The summed E-state index contributed by atoms with van der Waals surface area (Å²) in [6.07, 6.45) is -4.06. The summed E-state index contributed by atoms with van der Waals surface area (Å²) in [7, 11) is 1.32. The first kappa shape index (κ1) is 16.0. The smallest absolute Gasteiger partial charge is 0.416 e. The molecule has 3 rings (SSSR count). The van der Waals surface area contributed by atoms with Crippen LogP contribution in [0.1, 0.15) is 15.9 Å². The van der Waals surface area contributed by atoms with Gasteiger partial charge in [0.1, 0.15) is 0 Å². The summed E-state index contributed by atoms with van der Waals surface area (Å²) in [5.74, 6) is -0.608. The number of aromatic amines is 1. The molecule has 3 aromatic rings. The standard InChI is InChI=1S/C17H11F4NO2/c1-24-15-5-2-9(6-13(15)18)16-12(8-23)11-7-10(17(19,20)21)3-4-14(11)22-16/h2-8,22H,1H3. The number of benzene rings is 2. The fourth-order valence-corrected chi connectivity index (χ4v) is 2.56. The van der Waals surface area contributed by atoms with Gasteiger partial charge in [0, 0.05) is 22.0 Å². The number of ether oxygens (including phenoxy) is 1. The molecule has 0 atom stereocenters. The maximum absolute atomic E-state index is 13.9. The molecule has 3 nitrogen and oxygen atoms in total. The summed E-state index contributed by atoms with van der Waals surface area (Å²) in [5, 5.41) is 0.131. The maximum Gasteiger partial charge on any atom is 0.416 e. The number of hydrogen-bond acceptors (Lipinski definition) is 2. The molecule has 0 saturated heterocycles. The van der Waals surface area contributed by atoms with E-state index in [-0.39, 0.29) is 22.4 Å². The zero-order valence-corrected chi connectivity index (χ0v) is 12.4. The predicted molar refractivity (Wildman–Crippen MR) is 80.6 cm³/mol. The summed E-state index contributed by atoms with van der Waals surface area (Å²) in [4.78, 5) is 14.3. The average molecular weight is 337 g/mol. The Hall–Kier alpha value is -2.83. The Morgan fingerprint density at radius 2 is 1.88 bits per heavy atom. The normalized spacial score (nSPS) is 11.7. The number of fused-ring (bicyclic) bond motifs is 1. The third-order valence-electron chi connectivity index (χ3n) is 3.72. The number of H-pyrrole nitrogens is 1. The Morgan fingerprint density at radius 3 is 2.46 bits per heavy atom. The van der Waals surface area contributed by atoms with E-state index in [9.17, 15) is 22.4 Å². The third-order valence-corrected chi connectivity index (χ3v) is 3.72. The highest BCUT2D eigenvalue weighted by atomic mass is 19.4. The number of halogens is 4. The first-order valence-corrected chi connectivity index (χ1v) is 6.87. The lowest BCUT2D eigenvalue weighted by Crippen LogP contribution is -2.04. The van der Waals surface area contributed by atoms with Crippen LogP contribution >= 0.6 is 0 Å². The molecule has 124 valence electrons. The molecule has 1 aromatic heterocycles. The Morgan fingerprint density at radius 1 is 1.12 bits per heavy atom. The lowest BCUT2D eigenvalue weighted by Gasteiger charge is -2.06. The fraction of sp³-hybridized carbons (Fsp3) is 0.118. The molecule has 0 amide bonds. The van der Waals surface area contributed by atoms with Crippen LogP contribution in [-0.2, 0) is 6.18 Å². The summed E-state index contributed by atoms with van der Waals surface area (Å²) in [6.45, 7) is 0. The zero-order chi connectivity index (χ0) is 17.5. The van der Waals surface area contributed by atoms with Gasteiger partial charge in [0.2, 0.25) is 0 Å². The number of carbonyl (C=O) groups excluding carboxylic acids is 1. The van der Waals surface area contributed by atoms with E-state index >= 15 is 0 Å². The number of nitrogens with one attached hydrogen (secondary N) is 1. The molecular weight excluding hydrogens is 326 g/mol. The molecule has 0 fully saturated rings. The first-order valence-electron chi connectivity index (χ1n) is 6.87. The maximum atomic E-state index is 13.9. The van der Waals surface area contributed by atoms with Crippen molar-refractivity contribution in [3.63, 3.8) is 0 Å². The topological polar surface area (TPSA) is 42.1 Å². The number of aldehydes is 1. The SMILES string of the molecule is COc1ccc(-c2[nH]c3ccc(C(F)(F)F)cc3c2C=O)cc1F. The van der Waals surface area contributed by atoms with Crippen LogP contribution in [0.4, 0.5) is 17.6 Å². The van der Waals surface area contributed by atoms with E-state index in [2.05, 4.69) is 4.98 Å². The molecular formula is C17H11F4NO2. The van der Waals surface area contributed by atoms with Crippen molar-refractivity contribution in [2.45, 2.75) is 6.18 Å². The molecule has 0 bridgehead atoms. The van der Waals surface area contributed by atoms with Gasteiger partial charge in [-0.1, -0.05) is 0 Å². The minimum absolute atomic E-state index is 0.0295. The second kappa shape index (κ2) is 5.67. The van der Waals surface area contributed by atoms with Crippen molar-refractivity contribution in [3.05, 3.63) is 53.3 Å². The zero-order valence-electron chi connectivity index (χ0n) is 12.4. The number of alkyl halides is 3. The molecule has 0 radical (unpaired) electrons. The van der Waals surface area contributed by atoms with E-state index in [1.54, 1.807) is 0 Å². The quantitative estimate of drug-likeness (QED) is 0.550. The number of aromatic nitrogens is 1. The van der Waals surface area contributed by atoms with Gasteiger partial charge < -0.3 is 9.72 Å². The van der Waals surface area contributed by atoms with Gasteiger partial charge in [-0.05, 0) is 36.4 Å². The van der Waals surface area contributed by atoms with Crippen molar-refractivity contribution in [1.82, 2.24) is 4.98 Å². The number of rotatable bonds is 3. The Balaban J connectivity index is 2.22. The molecule has 1 N–H and O–H groups in total. The highest BCUT2D eigenvalue weighted by Crippen LogP contribution is 2.35. The Bertz CT molecular complexity index is 928. The van der Waals surface area contributed by atoms with E-state index in [0.717, 1.165) is 18.2 Å². The predicted octanol–water partition coefficient (Wildman–Crippen LogP) is 4.81. The first-order chi connectivity index (χ1) is 11.3. The Kier molecular flexibility index (Phi) is 3.79. The van der Waals surface area contributed by atoms with Crippen molar-refractivity contribution in [3.8, 4) is 17.0 Å². The third kappa shape index (κ3) is 2.62. The van der Waals surface area contributed by atoms with Crippen molar-refractivity contribution >= 4 is 17.2 Å². The van der Waals surface area contributed by atoms with E-state index in [1.807, 2.05) is 0 Å². The van der Waals surface area contributed by atoms with Gasteiger partial charge in [0.15, 0.2) is 17.9 Å². The number of hydrogen-bond donors (Lipinski definition) is 1. The van der Waals surface area contributed by atoms with Gasteiger partial charge in [-0.2, -0.15) is 13.2 Å². The van der Waals surface area contributed by atoms with Crippen LogP contribution in [0.25, 0.3) is 22.2 Å². The van der Waals surface area contributed by atoms with E-state index in [1.165, 1.54) is 25.3 Å². The van der Waals surface area contributed by atoms with Crippen LogP contribution in [0.3, 0.4) is 0 Å². The van der Waals surface area contributed by atoms with E-state index in [0.29, 0.717) is 17.4 Å². The van der Waals surface area contributed by atoms with Gasteiger partial charge in [0.25, 0.3) is 0 Å². The molecule has 0 aliphatic rings. The lowest BCUT2D eigenvalue weighted by atomic mass is 10.0. The van der Waals surface area contributed by atoms with E-state index < -0.39 is 17.6 Å². The van der Waals surface area contributed by atoms with E-state index in [4.69, 9.17) is 4.74 Å². The van der Waals surface area contributed by atoms with Crippen LogP contribution < -0.4 is 4.74 Å². The van der Waals surface area contributed by atoms with Crippen molar-refractivity contribution in [2.75, 3.05) is 7.11 Å². The fourth-order valence-electron chi connectivity index (χ4n) is 2.56. The average Bonchev–Trinajstić information content (AvgIpc) is 2.91. The molecule has 0 spiro atoms. The van der Waals surface area contributed by atoms with Gasteiger partial charge in [-0.3, -0.25) is 4.79 Å². The molecule has 0 aliphatic heterocycles. The molecule has 24 heavy (non-hydrogen) atoms. The second-order valence-electron chi connectivity index (χ2n) is 5.14. The summed E-state index contributed by atoms with van der Waals surface area (Å²) >= 11 is 0. The van der Waals surface area contributed by atoms with Gasteiger partial charge in [0.05, 0.1) is 18.4 Å². The molecule has 1 heterocycles. The van der Waals surface area contributed by atoms with Crippen LogP contribution in [0, 0.1) is 5.82 Å². The van der Waals surface area contributed by atoms with Crippen molar-refractivity contribution in [2.24, 2.45) is 0 Å². The Labute approximate surface area is 133 Å². The highest BCUT2D eigenvalue weighted by Gasteiger charge is 2.31. The van der Waals surface area contributed by atoms with Crippen LogP contribution in [0.2, 0.25) is 0 Å². The number of carbonyl (C=O) groups is 1. The number of methoxy groups -OCH3 is 1. The molecule has 0 unspecified atom stereocenters. The van der Waals surface area contributed by atoms with Crippen LogP contribution in [-0.4, -0.2) is 18.4 Å². The summed E-state index contributed by atoms with van der Waals surface area (Å²) < 4.78 is 57.3. The van der Waals surface area contributed by atoms with Crippen LogP contribution in [0.15, 0.2) is 36.4 Å². The lowest BCUT2D eigenvalue weighted by molar-refractivity contribution is -0.137.